The van der Waals surface area contributed by atoms with Crippen molar-refractivity contribution in [3.8, 4) is 0 Å². The molecule has 2 nitrogen and oxygen atoms in total. The van der Waals surface area contributed by atoms with Crippen molar-refractivity contribution in [1.29, 1.82) is 0 Å². The molecule has 0 saturated carbocycles. The third kappa shape index (κ3) is 5.63. The molecule has 60 valence electrons. The highest BCUT2D eigenvalue weighted by Gasteiger charge is 1.99. The Balaban J connectivity index is 0. The van der Waals surface area contributed by atoms with Gasteiger partial charge in [0.15, 0.2) is 0 Å². The van der Waals surface area contributed by atoms with Crippen LogP contribution in [0.4, 0.5) is 0 Å². The van der Waals surface area contributed by atoms with Crippen LogP contribution in [0.25, 0.3) is 0 Å². The van der Waals surface area contributed by atoms with Crippen LogP contribution in [0.2, 0.25) is 0 Å². The van der Waals surface area contributed by atoms with Gasteiger partial charge in [-0.15, -0.1) is 12.4 Å². The van der Waals surface area contributed by atoms with Crippen molar-refractivity contribution in [1.82, 2.24) is 0 Å². The van der Waals surface area contributed by atoms with Gasteiger partial charge in [0, 0.05) is 5.57 Å². The summed E-state index contributed by atoms with van der Waals surface area (Å²) in [5, 5.41) is 0. The second-order valence-corrected chi connectivity index (χ2v) is 1.92. The predicted molar refractivity (Wildman–Crippen MR) is 43.3 cm³/mol. The van der Waals surface area contributed by atoms with Gasteiger partial charge in [-0.2, -0.15) is 0 Å². The summed E-state index contributed by atoms with van der Waals surface area (Å²) >= 11 is 0. The molecule has 0 aromatic heterocycles. The summed E-state index contributed by atoms with van der Waals surface area (Å²) in [6.07, 6.45) is 0.860. The highest BCUT2D eigenvalue weighted by atomic mass is 35.5. The third-order valence-corrected chi connectivity index (χ3v) is 0.786. The molecule has 0 fully saturated rings. The van der Waals surface area contributed by atoms with E-state index in [2.05, 4.69) is 6.58 Å². The van der Waals surface area contributed by atoms with Crippen LogP contribution in [0.1, 0.15) is 20.3 Å². The Morgan fingerprint density at radius 1 is 1.60 bits per heavy atom. The summed E-state index contributed by atoms with van der Waals surface area (Å²) in [6.45, 7) is 7.51. The Hall–Kier alpha value is -0.500. The van der Waals surface area contributed by atoms with Crippen LogP contribution in [-0.4, -0.2) is 12.6 Å². The van der Waals surface area contributed by atoms with Crippen molar-refractivity contribution in [2.75, 3.05) is 6.61 Å². The number of carbonyl (C=O) groups is 1. The van der Waals surface area contributed by atoms with Crippen LogP contribution in [0, 0.1) is 0 Å². The number of carbonyl (C=O) groups excluding carboxylic acids is 1. The van der Waals surface area contributed by atoms with Gasteiger partial charge in [-0.1, -0.05) is 13.5 Å². The lowest BCUT2D eigenvalue weighted by Gasteiger charge is -1.99. The average molecular weight is 165 g/mol. The molecule has 0 amide bonds. The van der Waals surface area contributed by atoms with Gasteiger partial charge >= 0.3 is 5.97 Å². The molecule has 0 aliphatic rings. The van der Waals surface area contributed by atoms with E-state index in [1.165, 1.54) is 0 Å². The smallest absolute Gasteiger partial charge is 0.333 e. The van der Waals surface area contributed by atoms with Gasteiger partial charge < -0.3 is 4.74 Å². The lowest BCUT2D eigenvalue weighted by Crippen LogP contribution is -2.04. The van der Waals surface area contributed by atoms with Gasteiger partial charge in [-0.05, 0) is 13.3 Å². The second-order valence-electron chi connectivity index (χ2n) is 1.92. The zero-order valence-electron chi connectivity index (χ0n) is 6.35. The molecular weight excluding hydrogens is 152 g/mol. The number of esters is 1. The molecule has 0 heterocycles. The van der Waals surface area contributed by atoms with E-state index in [9.17, 15) is 4.79 Å². The van der Waals surface area contributed by atoms with Gasteiger partial charge in [0.2, 0.25) is 0 Å². The standard InChI is InChI=1S/C7H12O2.ClH/c1-4-5-9-7(8)6(2)3;/h2,4-5H2,1,3H3;1H. The maximum atomic E-state index is 10.6. The zero-order chi connectivity index (χ0) is 7.28. The van der Waals surface area contributed by atoms with E-state index < -0.39 is 0 Å². The number of rotatable bonds is 3. The summed E-state index contributed by atoms with van der Waals surface area (Å²) in [4.78, 5) is 10.6. The van der Waals surface area contributed by atoms with E-state index in [1.54, 1.807) is 6.92 Å². The molecule has 0 radical (unpaired) electrons. The van der Waals surface area contributed by atoms with E-state index in [0.717, 1.165) is 6.42 Å². The Morgan fingerprint density at radius 2 is 2.10 bits per heavy atom. The van der Waals surface area contributed by atoms with Gasteiger partial charge in [0.25, 0.3) is 0 Å². The minimum Gasteiger partial charge on any atom is -0.462 e. The highest BCUT2D eigenvalue weighted by Crippen LogP contribution is 1.91. The van der Waals surface area contributed by atoms with Crippen molar-refractivity contribution in [2.24, 2.45) is 0 Å². The third-order valence-electron chi connectivity index (χ3n) is 0.786. The van der Waals surface area contributed by atoms with Gasteiger partial charge in [0.1, 0.15) is 0 Å². The van der Waals surface area contributed by atoms with Crippen molar-refractivity contribution in [3.63, 3.8) is 0 Å². The number of hydrogen-bond acceptors (Lipinski definition) is 2. The first kappa shape index (κ1) is 12.2. The van der Waals surface area contributed by atoms with Crippen LogP contribution in [-0.2, 0) is 9.53 Å². The zero-order valence-corrected chi connectivity index (χ0v) is 7.16. The van der Waals surface area contributed by atoms with E-state index in [0.29, 0.717) is 12.2 Å². The molecule has 10 heavy (non-hydrogen) atoms. The molecule has 0 aromatic rings. The van der Waals surface area contributed by atoms with E-state index in [-0.39, 0.29) is 18.4 Å². The van der Waals surface area contributed by atoms with E-state index in [1.807, 2.05) is 6.92 Å². The maximum Gasteiger partial charge on any atom is 0.333 e. The molecule has 0 saturated heterocycles. The Bertz CT molecular complexity index is 121. The molecule has 0 rings (SSSR count). The monoisotopic (exact) mass is 164 g/mol. The molecule has 0 aliphatic carbocycles. The first-order chi connectivity index (χ1) is 4.18. The largest absolute Gasteiger partial charge is 0.462 e. The average Bonchev–Trinajstić information content (AvgIpc) is 1.82. The van der Waals surface area contributed by atoms with Crippen molar-refractivity contribution in [2.45, 2.75) is 20.3 Å². The first-order valence-electron chi connectivity index (χ1n) is 3.01. The normalized spacial score (nSPS) is 7.80. The molecule has 0 spiro atoms. The topological polar surface area (TPSA) is 26.3 Å². The fourth-order valence-electron chi connectivity index (χ4n) is 0.318. The van der Waals surface area contributed by atoms with Crippen molar-refractivity contribution in [3.05, 3.63) is 12.2 Å². The Morgan fingerprint density at radius 3 is 2.40 bits per heavy atom. The Kier molecular flexibility index (Phi) is 8.07. The fraction of sp³-hybridized carbons (Fsp3) is 0.571. The van der Waals surface area contributed by atoms with Gasteiger partial charge in [-0.25, -0.2) is 4.79 Å². The van der Waals surface area contributed by atoms with Crippen LogP contribution < -0.4 is 0 Å². The lowest BCUT2D eigenvalue weighted by atomic mass is 10.4. The van der Waals surface area contributed by atoms with E-state index in [4.69, 9.17) is 4.74 Å². The van der Waals surface area contributed by atoms with Gasteiger partial charge in [0.05, 0.1) is 6.61 Å². The number of halogens is 1. The van der Waals surface area contributed by atoms with Crippen LogP contribution >= 0.6 is 12.4 Å². The lowest BCUT2D eigenvalue weighted by molar-refractivity contribution is -0.138. The number of ether oxygens (including phenoxy) is 1. The maximum absolute atomic E-state index is 10.6. The molecule has 0 aromatic carbocycles. The molecular formula is C7H13ClO2. The number of hydrogen-bond donors (Lipinski definition) is 0. The fourth-order valence-corrected chi connectivity index (χ4v) is 0.318. The highest BCUT2D eigenvalue weighted by molar-refractivity contribution is 5.86. The quantitative estimate of drug-likeness (QED) is 0.471. The minimum absolute atomic E-state index is 0. The molecule has 0 atom stereocenters. The minimum atomic E-state index is -0.295. The van der Waals surface area contributed by atoms with Crippen LogP contribution in [0.5, 0.6) is 0 Å². The molecule has 0 unspecified atom stereocenters. The summed E-state index contributed by atoms with van der Waals surface area (Å²) in [6, 6.07) is 0. The first-order valence-corrected chi connectivity index (χ1v) is 3.01. The Labute approximate surface area is 67.7 Å². The van der Waals surface area contributed by atoms with Crippen LogP contribution in [0.15, 0.2) is 12.2 Å². The summed E-state index contributed by atoms with van der Waals surface area (Å²) in [5.74, 6) is -0.295. The SMILES string of the molecule is C=C(C)C(=O)OCCC.Cl. The van der Waals surface area contributed by atoms with Gasteiger partial charge in [-0.3, -0.25) is 0 Å². The van der Waals surface area contributed by atoms with E-state index >= 15 is 0 Å². The summed E-state index contributed by atoms with van der Waals surface area (Å²) < 4.78 is 4.71. The van der Waals surface area contributed by atoms with Crippen LogP contribution in [0.3, 0.4) is 0 Å². The molecule has 3 heteroatoms. The summed E-state index contributed by atoms with van der Waals surface area (Å²) in [5.41, 5.74) is 0.462. The molecule has 0 N–H and O–H groups in total. The summed E-state index contributed by atoms with van der Waals surface area (Å²) in [7, 11) is 0. The van der Waals surface area contributed by atoms with Crippen molar-refractivity contribution < 1.29 is 9.53 Å². The molecule has 0 aliphatic heterocycles. The molecule has 0 bridgehead atoms. The second kappa shape index (κ2) is 6.62. The van der Waals surface area contributed by atoms with Crippen molar-refractivity contribution >= 4 is 18.4 Å². The predicted octanol–water partition coefficient (Wildman–Crippen LogP) is 1.94.